The van der Waals surface area contributed by atoms with Crippen LogP contribution >= 0.6 is 0 Å². The number of amides is 1. The molecule has 1 aliphatic heterocycles. The van der Waals surface area contributed by atoms with E-state index in [4.69, 9.17) is 15.2 Å². The zero-order valence-electron chi connectivity index (χ0n) is 9.87. The van der Waals surface area contributed by atoms with Crippen LogP contribution in [0, 0.1) is 0 Å². The van der Waals surface area contributed by atoms with Crippen molar-refractivity contribution < 1.29 is 14.3 Å². The predicted octanol–water partition coefficient (Wildman–Crippen LogP) is 0.581. The molecule has 1 saturated heterocycles. The van der Waals surface area contributed by atoms with Gasteiger partial charge in [-0.2, -0.15) is 0 Å². The molecule has 2 N–H and O–H groups in total. The standard InChI is InChI=1S/C10H20N2O3/c1-9(2,3)15-8(13)12(4)10(5-11)6-14-7-10/h5-7,11H2,1-4H3. The van der Waals surface area contributed by atoms with E-state index in [1.165, 1.54) is 0 Å². The van der Waals surface area contributed by atoms with Gasteiger partial charge >= 0.3 is 6.09 Å². The summed E-state index contributed by atoms with van der Waals surface area (Å²) in [5, 5.41) is 0. The molecule has 88 valence electrons. The number of carbonyl (C=O) groups excluding carboxylic acids is 1. The monoisotopic (exact) mass is 216 g/mol. The molecular weight excluding hydrogens is 196 g/mol. The summed E-state index contributed by atoms with van der Waals surface area (Å²) in [6, 6.07) is 0. The smallest absolute Gasteiger partial charge is 0.410 e. The Labute approximate surface area is 90.5 Å². The Morgan fingerprint density at radius 1 is 1.53 bits per heavy atom. The maximum Gasteiger partial charge on any atom is 0.410 e. The van der Waals surface area contributed by atoms with Gasteiger partial charge in [0.1, 0.15) is 11.1 Å². The Hall–Kier alpha value is -0.810. The molecule has 1 rings (SSSR count). The maximum absolute atomic E-state index is 11.7. The SMILES string of the molecule is CN(C(=O)OC(C)(C)C)C1(CN)COC1. The second-order valence-corrected chi connectivity index (χ2v) is 4.96. The average Bonchev–Trinajstić information content (AvgIpc) is 1.99. The summed E-state index contributed by atoms with van der Waals surface area (Å²) >= 11 is 0. The second kappa shape index (κ2) is 3.98. The number of rotatable bonds is 2. The number of carbonyl (C=O) groups is 1. The van der Waals surface area contributed by atoms with Crippen molar-refractivity contribution in [2.75, 3.05) is 26.8 Å². The van der Waals surface area contributed by atoms with Crippen LogP contribution in [0.25, 0.3) is 0 Å². The lowest BCUT2D eigenvalue weighted by atomic mass is 9.96. The fraction of sp³-hybridized carbons (Fsp3) is 0.900. The molecule has 0 aliphatic carbocycles. The van der Waals surface area contributed by atoms with Gasteiger partial charge in [0, 0.05) is 13.6 Å². The number of nitrogens with two attached hydrogens (primary N) is 1. The highest BCUT2D eigenvalue weighted by Crippen LogP contribution is 2.24. The van der Waals surface area contributed by atoms with Crippen LogP contribution in [0.2, 0.25) is 0 Å². The average molecular weight is 216 g/mol. The first kappa shape index (κ1) is 12.3. The topological polar surface area (TPSA) is 64.8 Å². The lowest BCUT2D eigenvalue weighted by molar-refractivity contribution is -0.124. The van der Waals surface area contributed by atoms with E-state index in [0.717, 1.165) is 0 Å². The molecule has 0 bridgehead atoms. The van der Waals surface area contributed by atoms with Gasteiger partial charge in [-0.25, -0.2) is 4.79 Å². The number of hydrogen-bond donors (Lipinski definition) is 1. The van der Waals surface area contributed by atoms with E-state index in [2.05, 4.69) is 0 Å². The van der Waals surface area contributed by atoms with Gasteiger partial charge in [0.05, 0.1) is 13.2 Å². The third-order valence-electron chi connectivity index (χ3n) is 2.50. The number of ether oxygens (including phenoxy) is 2. The molecule has 1 heterocycles. The third kappa shape index (κ3) is 2.60. The van der Waals surface area contributed by atoms with Gasteiger partial charge in [0.25, 0.3) is 0 Å². The summed E-state index contributed by atoms with van der Waals surface area (Å²) in [7, 11) is 1.70. The molecule has 0 aromatic heterocycles. The fourth-order valence-corrected chi connectivity index (χ4v) is 1.31. The largest absolute Gasteiger partial charge is 0.444 e. The van der Waals surface area contributed by atoms with Gasteiger partial charge in [0.2, 0.25) is 0 Å². The quantitative estimate of drug-likeness (QED) is 0.733. The zero-order chi connectivity index (χ0) is 11.7. The molecule has 0 aromatic carbocycles. The van der Waals surface area contributed by atoms with Crippen molar-refractivity contribution in [2.45, 2.75) is 31.9 Å². The Morgan fingerprint density at radius 3 is 2.33 bits per heavy atom. The van der Waals surface area contributed by atoms with Gasteiger partial charge in [-0.05, 0) is 20.8 Å². The van der Waals surface area contributed by atoms with Crippen molar-refractivity contribution >= 4 is 6.09 Å². The number of likely N-dealkylation sites (N-methyl/N-ethyl adjacent to an activating group) is 1. The molecule has 0 spiro atoms. The van der Waals surface area contributed by atoms with Gasteiger partial charge < -0.3 is 15.2 Å². The Balaban J connectivity index is 2.60. The normalized spacial score (nSPS) is 19.3. The molecule has 0 atom stereocenters. The van der Waals surface area contributed by atoms with E-state index < -0.39 is 5.60 Å². The van der Waals surface area contributed by atoms with Gasteiger partial charge in [0.15, 0.2) is 0 Å². The fourth-order valence-electron chi connectivity index (χ4n) is 1.31. The molecule has 0 saturated carbocycles. The van der Waals surface area contributed by atoms with Crippen LogP contribution in [0.4, 0.5) is 4.79 Å². The minimum absolute atomic E-state index is 0.351. The van der Waals surface area contributed by atoms with Gasteiger partial charge in [-0.15, -0.1) is 0 Å². The zero-order valence-corrected chi connectivity index (χ0v) is 9.87. The molecule has 15 heavy (non-hydrogen) atoms. The summed E-state index contributed by atoms with van der Waals surface area (Å²) < 4.78 is 10.4. The van der Waals surface area contributed by atoms with E-state index >= 15 is 0 Å². The molecule has 0 aromatic rings. The summed E-state index contributed by atoms with van der Waals surface area (Å²) in [5.74, 6) is 0. The molecule has 5 heteroatoms. The predicted molar refractivity (Wildman–Crippen MR) is 56.6 cm³/mol. The first-order valence-corrected chi connectivity index (χ1v) is 5.05. The minimum Gasteiger partial charge on any atom is -0.444 e. The van der Waals surface area contributed by atoms with E-state index in [0.29, 0.717) is 19.8 Å². The highest BCUT2D eigenvalue weighted by molar-refractivity contribution is 5.69. The maximum atomic E-state index is 11.7. The second-order valence-electron chi connectivity index (χ2n) is 4.96. The molecular formula is C10H20N2O3. The van der Waals surface area contributed by atoms with Crippen molar-refractivity contribution in [2.24, 2.45) is 5.73 Å². The highest BCUT2D eigenvalue weighted by Gasteiger charge is 2.44. The first-order valence-electron chi connectivity index (χ1n) is 5.05. The van der Waals surface area contributed by atoms with Crippen molar-refractivity contribution in [3.8, 4) is 0 Å². The van der Waals surface area contributed by atoms with Gasteiger partial charge in [-0.1, -0.05) is 0 Å². The minimum atomic E-state index is -0.480. The van der Waals surface area contributed by atoms with E-state index in [1.807, 2.05) is 20.8 Å². The highest BCUT2D eigenvalue weighted by atomic mass is 16.6. The Kier molecular flexibility index (Phi) is 3.25. The Morgan fingerprint density at radius 2 is 2.07 bits per heavy atom. The van der Waals surface area contributed by atoms with Crippen LogP contribution in [0.1, 0.15) is 20.8 Å². The van der Waals surface area contributed by atoms with Crippen molar-refractivity contribution in [3.63, 3.8) is 0 Å². The third-order valence-corrected chi connectivity index (χ3v) is 2.50. The summed E-state index contributed by atoms with van der Waals surface area (Å²) in [4.78, 5) is 13.3. The van der Waals surface area contributed by atoms with E-state index in [9.17, 15) is 4.79 Å². The van der Waals surface area contributed by atoms with Crippen LogP contribution < -0.4 is 5.73 Å². The van der Waals surface area contributed by atoms with Crippen LogP contribution in [-0.4, -0.2) is 48.9 Å². The number of hydrogen-bond acceptors (Lipinski definition) is 4. The lowest BCUT2D eigenvalue weighted by Crippen LogP contribution is -2.66. The van der Waals surface area contributed by atoms with E-state index in [-0.39, 0.29) is 11.6 Å². The molecule has 1 amide bonds. The summed E-state index contributed by atoms with van der Waals surface area (Å²) in [5.41, 5.74) is 4.79. The summed E-state index contributed by atoms with van der Waals surface area (Å²) in [6.07, 6.45) is -0.351. The first-order chi connectivity index (χ1) is 6.81. The van der Waals surface area contributed by atoms with Crippen LogP contribution in [0.15, 0.2) is 0 Å². The van der Waals surface area contributed by atoms with Crippen LogP contribution in [0.3, 0.4) is 0 Å². The summed E-state index contributed by atoms with van der Waals surface area (Å²) in [6.45, 7) is 6.88. The molecule has 5 nitrogen and oxygen atoms in total. The molecule has 0 unspecified atom stereocenters. The Bertz CT molecular complexity index is 238. The van der Waals surface area contributed by atoms with E-state index in [1.54, 1.807) is 11.9 Å². The number of nitrogens with zero attached hydrogens (tertiary/aromatic N) is 1. The molecule has 1 fully saturated rings. The van der Waals surface area contributed by atoms with Crippen LogP contribution in [0.5, 0.6) is 0 Å². The molecule has 1 aliphatic rings. The lowest BCUT2D eigenvalue weighted by Gasteiger charge is -2.47. The van der Waals surface area contributed by atoms with Gasteiger partial charge in [-0.3, -0.25) is 4.90 Å². The molecule has 0 radical (unpaired) electrons. The van der Waals surface area contributed by atoms with Crippen molar-refractivity contribution in [1.82, 2.24) is 4.90 Å². The van der Waals surface area contributed by atoms with Crippen molar-refractivity contribution in [1.29, 1.82) is 0 Å². The van der Waals surface area contributed by atoms with Crippen LogP contribution in [-0.2, 0) is 9.47 Å². The van der Waals surface area contributed by atoms with Crippen molar-refractivity contribution in [3.05, 3.63) is 0 Å².